The van der Waals surface area contributed by atoms with Crippen molar-refractivity contribution in [2.24, 2.45) is 5.73 Å². The molecule has 0 radical (unpaired) electrons. The first kappa shape index (κ1) is 14.1. The number of amides is 2. The fourth-order valence-corrected chi connectivity index (χ4v) is 1.79. The first-order valence-electron chi connectivity index (χ1n) is 6.34. The van der Waals surface area contributed by atoms with Gasteiger partial charge in [0, 0.05) is 24.8 Å². The molecule has 20 heavy (non-hydrogen) atoms. The van der Waals surface area contributed by atoms with Gasteiger partial charge in [-0.3, -0.25) is 5.41 Å². The van der Waals surface area contributed by atoms with Gasteiger partial charge in [-0.2, -0.15) is 0 Å². The number of nitrogens with two attached hydrogens (primary N) is 1. The van der Waals surface area contributed by atoms with E-state index in [0.29, 0.717) is 37.7 Å². The maximum Gasteiger partial charge on any atom is 0.322 e. The molecule has 1 heterocycles. The molecule has 7 heteroatoms. The Balaban J connectivity index is 1.93. The maximum atomic E-state index is 12.0. The summed E-state index contributed by atoms with van der Waals surface area (Å²) in [6.45, 7) is 2.34. The number of carbonyl (C=O) groups is 1. The fourth-order valence-electron chi connectivity index (χ4n) is 1.79. The average molecular weight is 278 g/mol. The van der Waals surface area contributed by atoms with E-state index in [0.717, 1.165) is 0 Å². The lowest BCUT2D eigenvalue weighted by Gasteiger charge is -2.26. The molecule has 0 bridgehead atoms. The van der Waals surface area contributed by atoms with Gasteiger partial charge in [-0.1, -0.05) is 6.07 Å². The van der Waals surface area contributed by atoms with Crippen molar-refractivity contribution in [1.29, 1.82) is 5.41 Å². The number of benzene rings is 1. The highest BCUT2D eigenvalue weighted by Crippen LogP contribution is 2.17. The minimum Gasteiger partial charge on any atom is -0.486 e. The smallest absolute Gasteiger partial charge is 0.322 e. The van der Waals surface area contributed by atoms with Crippen molar-refractivity contribution in [3.63, 3.8) is 0 Å². The van der Waals surface area contributed by atoms with Gasteiger partial charge in [0.25, 0.3) is 0 Å². The highest BCUT2D eigenvalue weighted by atomic mass is 16.5. The summed E-state index contributed by atoms with van der Waals surface area (Å²) in [7, 11) is 0. The Morgan fingerprint density at radius 2 is 2.20 bits per heavy atom. The molecule has 1 aromatic carbocycles. The van der Waals surface area contributed by atoms with E-state index < -0.39 is 0 Å². The van der Waals surface area contributed by atoms with Crippen molar-refractivity contribution in [1.82, 2.24) is 4.90 Å². The topological polar surface area (TPSA) is 101 Å². The van der Waals surface area contributed by atoms with Crippen LogP contribution >= 0.6 is 0 Å². The zero-order chi connectivity index (χ0) is 14.4. The first-order chi connectivity index (χ1) is 9.65. The van der Waals surface area contributed by atoms with Gasteiger partial charge >= 0.3 is 6.03 Å². The Hall–Kier alpha value is -2.28. The Bertz CT molecular complexity index is 486. The second kappa shape index (κ2) is 6.76. The number of rotatable bonds is 4. The van der Waals surface area contributed by atoms with Crippen LogP contribution < -0.4 is 15.8 Å². The highest BCUT2D eigenvalue weighted by molar-refractivity contribution is 5.89. The Morgan fingerprint density at radius 1 is 1.45 bits per heavy atom. The molecule has 2 amide bonds. The van der Waals surface area contributed by atoms with Crippen molar-refractivity contribution < 1.29 is 14.3 Å². The third-order valence-corrected chi connectivity index (χ3v) is 2.78. The van der Waals surface area contributed by atoms with Gasteiger partial charge in [0.1, 0.15) is 18.2 Å². The minimum atomic E-state index is -0.156. The monoisotopic (exact) mass is 278 g/mol. The van der Waals surface area contributed by atoms with Gasteiger partial charge in [-0.05, 0) is 12.1 Å². The molecule has 2 rings (SSSR count). The molecular formula is C13H18N4O3. The van der Waals surface area contributed by atoms with E-state index in [1.165, 1.54) is 0 Å². The van der Waals surface area contributed by atoms with Crippen LogP contribution in [0.25, 0.3) is 0 Å². The SMILES string of the molecule is N=C(N)COc1cccc(NC(=O)N2CCOCC2)c1. The molecule has 0 atom stereocenters. The van der Waals surface area contributed by atoms with E-state index in [2.05, 4.69) is 5.32 Å². The molecule has 1 fully saturated rings. The lowest BCUT2D eigenvalue weighted by atomic mass is 10.3. The second-order valence-electron chi connectivity index (χ2n) is 4.37. The number of nitrogens with one attached hydrogen (secondary N) is 2. The summed E-state index contributed by atoms with van der Waals surface area (Å²) in [5, 5.41) is 9.91. The number of urea groups is 1. The van der Waals surface area contributed by atoms with Gasteiger partial charge in [0.2, 0.25) is 0 Å². The van der Waals surface area contributed by atoms with Crippen LogP contribution in [0.2, 0.25) is 0 Å². The van der Waals surface area contributed by atoms with Crippen LogP contribution in [-0.4, -0.2) is 49.7 Å². The van der Waals surface area contributed by atoms with Crippen molar-refractivity contribution in [2.75, 3.05) is 38.2 Å². The largest absolute Gasteiger partial charge is 0.486 e. The van der Waals surface area contributed by atoms with Gasteiger partial charge < -0.3 is 25.4 Å². The van der Waals surface area contributed by atoms with Gasteiger partial charge in [-0.15, -0.1) is 0 Å². The highest BCUT2D eigenvalue weighted by Gasteiger charge is 2.16. The fraction of sp³-hybridized carbons (Fsp3) is 0.385. The number of anilines is 1. The summed E-state index contributed by atoms with van der Waals surface area (Å²) in [5.41, 5.74) is 5.87. The standard InChI is InChI=1S/C13H18N4O3/c14-12(15)9-20-11-3-1-2-10(8-11)16-13(18)17-4-6-19-7-5-17/h1-3,8H,4-7,9H2,(H3,14,15)(H,16,18). The molecule has 1 saturated heterocycles. The molecule has 0 spiro atoms. The molecule has 1 aromatic rings. The molecule has 108 valence electrons. The summed E-state index contributed by atoms with van der Waals surface area (Å²) in [6, 6.07) is 6.83. The Kier molecular flexibility index (Phi) is 4.78. The van der Waals surface area contributed by atoms with Gasteiger partial charge in [-0.25, -0.2) is 4.79 Å². The number of hydrogen-bond donors (Lipinski definition) is 3. The van der Waals surface area contributed by atoms with Crippen LogP contribution in [0.4, 0.5) is 10.5 Å². The summed E-state index contributed by atoms with van der Waals surface area (Å²) in [4.78, 5) is 13.7. The number of morpholine rings is 1. The van der Waals surface area contributed by atoms with Crippen molar-refractivity contribution in [3.05, 3.63) is 24.3 Å². The average Bonchev–Trinajstić information content (AvgIpc) is 2.46. The van der Waals surface area contributed by atoms with E-state index in [1.807, 2.05) is 0 Å². The Morgan fingerprint density at radius 3 is 2.90 bits per heavy atom. The zero-order valence-electron chi connectivity index (χ0n) is 11.1. The lowest BCUT2D eigenvalue weighted by molar-refractivity contribution is 0.0564. The van der Waals surface area contributed by atoms with Gasteiger partial charge in [0.05, 0.1) is 13.2 Å². The number of ether oxygens (including phenoxy) is 2. The van der Waals surface area contributed by atoms with E-state index in [1.54, 1.807) is 29.2 Å². The lowest BCUT2D eigenvalue weighted by Crippen LogP contribution is -2.43. The normalized spacial score (nSPS) is 14.7. The molecule has 7 nitrogen and oxygen atoms in total. The molecule has 0 saturated carbocycles. The number of carbonyl (C=O) groups excluding carboxylic acids is 1. The summed E-state index contributed by atoms with van der Waals surface area (Å²) in [5.74, 6) is 0.507. The molecule has 1 aliphatic rings. The molecule has 1 aliphatic heterocycles. The second-order valence-corrected chi connectivity index (χ2v) is 4.37. The van der Waals surface area contributed by atoms with Crippen LogP contribution in [0.15, 0.2) is 24.3 Å². The van der Waals surface area contributed by atoms with Crippen molar-refractivity contribution in [3.8, 4) is 5.75 Å². The van der Waals surface area contributed by atoms with Crippen molar-refractivity contribution >= 4 is 17.6 Å². The molecular weight excluding hydrogens is 260 g/mol. The van der Waals surface area contributed by atoms with E-state index in [-0.39, 0.29) is 18.5 Å². The molecule has 0 unspecified atom stereocenters. The maximum absolute atomic E-state index is 12.0. The molecule has 4 N–H and O–H groups in total. The van der Waals surface area contributed by atoms with Crippen LogP contribution in [0.3, 0.4) is 0 Å². The Labute approximate surface area is 117 Å². The van der Waals surface area contributed by atoms with Crippen molar-refractivity contribution in [2.45, 2.75) is 0 Å². The molecule has 0 aromatic heterocycles. The summed E-state index contributed by atoms with van der Waals surface area (Å²) < 4.78 is 10.5. The van der Waals surface area contributed by atoms with Crippen LogP contribution in [0.1, 0.15) is 0 Å². The number of amidine groups is 1. The predicted molar refractivity (Wildman–Crippen MR) is 75.3 cm³/mol. The third-order valence-electron chi connectivity index (χ3n) is 2.78. The molecule has 0 aliphatic carbocycles. The summed E-state index contributed by atoms with van der Waals surface area (Å²) >= 11 is 0. The van der Waals surface area contributed by atoms with E-state index in [4.69, 9.17) is 20.6 Å². The minimum absolute atomic E-state index is 0.0286. The van der Waals surface area contributed by atoms with Gasteiger partial charge in [0.15, 0.2) is 0 Å². The summed E-state index contributed by atoms with van der Waals surface area (Å²) in [6.07, 6.45) is 0. The van der Waals surface area contributed by atoms with E-state index >= 15 is 0 Å². The third kappa shape index (κ3) is 4.13. The number of hydrogen-bond acceptors (Lipinski definition) is 4. The van der Waals surface area contributed by atoms with Crippen LogP contribution in [0, 0.1) is 5.41 Å². The van der Waals surface area contributed by atoms with Crippen LogP contribution in [0.5, 0.6) is 5.75 Å². The quantitative estimate of drug-likeness (QED) is 0.562. The first-order valence-corrected chi connectivity index (χ1v) is 6.34. The number of nitrogens with zero attached hydrogens (tertiary/aromatic N) is 1. The van der Waals surface area contributed by atoms with Crippen LogP contribution in [-0.2, 0) is 4.74 Å². The predicted octanol–water partition coefficient (Wildman–Crippen LogP) is 0.865. The zero-order valence-corrected chi connectivity index (χ0v) is 11.1. The van der Waals surface area contributed by atoms with E-state index in [9.17, 15) is 4.79 Å².